The summed E-state index contributed by atoms with van der Waals surface area (Å²) < 4.78 is 38.6. The fourth-order valence-corrected chi connectivity index (χ4v) is 2.98. The highest BCUT2D eigenvalue weighted by molar-refractivity contribution is 5.59. The Balaban J connectivity index is 1.91. The van der Waals surface area contributed by atoms with Crippen LogP contribution >= 0.6 is 0 Å². The third-order valence-corrected chi connectivity index (χ3v) is 4.18. The highest BCUT2D eigenvalue weighted by Crippen LogP contribution is 2.32. The van der Waals surface area contributed by atoms with Gasteiger partial charge in [0.1, 0.15) is 0 Å². The van der Waals surface area contributed by atoms with Gasteiger partial charge in [0, 0.05) is 24.2 Å². The van der Waals surface area contributed by atoms with Gasteiger partial charge in [-0.1, -0.05) is 12.1 Å². The minimum atomic E-state index is -4.35. The molecule has 0 bridgehead atoms. The molecule has 6 heteroatoms. The van der Waals surface area contributed by atoms with Gasteiger partial charge in [-0.05, 0) is 38.6 Å². The Morgan fingerprint density at radius 1 is 1.22 bits per heavy atom. The van der Waals surface area contributed by atoms with Gasteiger partial charge in [-0.25, -0.2) is 4.98 Å². The maximum atomic E-state index is 12.9. The molecule has 1 atom stereocenters. The van der Waals surface area contributed by atoms with Gasteiger partial charge in [-0.15, -0.1) is 0 Å². The van der Waals surface area contributed by atoms with E-state index < -0.39 is 11.7 Å². The number of piperidine rings is 1. The van der Waals surface area contributed by atoms with Crippen LogP contribution < -0.4 is 0 Å². The third-order valence-electron chi connectivity index (χ3n) is 4.18. The molecule has 1 fully saturated rings. The second-order valence-electron chi connectivity index (χ2n) is 6.01. The topological polar surface area (TPSA) is 29.0 Å². The number of halogens is 3. The van der Waals surface area contributed by atoms with Crippen molar-refractivity contribution in [3.63, 3.8) is 0 Å². The first-order valence-electron chi connectivity index (χ1n) is 7.61. The van der Waals surface area contributed by atoms with Crippen molar-refractivity contribution in [3.8, 4) is 11.3 Å². The van der Waals surface area contributed by atoms with Gasteiger partial charge in [0.25, 0.3) is 0 Å². The van der Waals surface area contributed by atoms with Gasteiger partial charge in [0.05, 0.1) is 23.1 Å². The van der Waals surface area contributed by atoms with Gasteiger partial charge < -0.3 is 4.90 Å². The molecule has 2 heterocycles. The van der Waals surface area contributed by atoms with E-state index in [4.69, 9.17) is 0 Å². The lowest BCUT2D eigenvalue weighted by Crippen LogP contribution is -2.31. The molecule has 23 heavy (non-hydrogen) atoms. The number of likely N-dealkylation sites (tertiary alicyclic amines) is 1. The highest BCUT2D eigenvalue weighted by atomic mass is 19.4. The van der Waals surface area contributed by atoms with Crippen molar-refractivity contribution in [3.05, 3.63) is 47.9 Å². The van der Waals surface area contributed by atoms with E-state index in [1.54, 1.807) is 12.3 Å². The summed E-state index contributed by atoms with van der Waals surface area (Å²) in [5.74, 6) is 0.284. The Bertz CT molecular complexity index is 685. The molecular formula is C17H18F3N3. The molecule has 1 saturated heterocycles. The lowest BCUT2D eigenvalue weighted by molar-refractivity contribution is -0.137. The minimum absolute atomic E-state index is 0.284. The summed E-state index contributed by atoms with van der Waals surface area (Å²) in [6.45, 7) is 1.97. The standard InChI is InChI=1S/C17H18F3N3/c1-23-7-3-5-13(11-23)16-10-21-9-15(22-16)12-4-2-6-14(8-12)17(18,19)20/h2,4,6,8-10,13H,3,5,7,11H2,1H3/t13-/m0/s1. The van der Waals surface area contributed by atoms with E-state index in [-0.39, 0.29) is 5.92 Å². The lowest BCUT2D eigenvalue weighted by atomic mass is 9.95. The maximum absolute atomic E-state index is 12.9. The van der Waals surface area contributed by atoms with E-state index in [1.807, 2.05) is 0 Å². The smallest absolute Gasteiger partial charge is 0.306 e. The van der Waals surface area contributed by atoms with Crippen LogP contribution in [0.1, 0.15) is 30.0 Å². The van der Waals surface area contributed by atoms with Crippen LogP contribution in [0.25, 0.3) is 11.3 Å². The second-order valence-corrected chi connectivity index (χ2v) is 6.01. The summed E-state index contributed by atoms with van der Waals surface area (Å²) in [4.78, 5) is 11.0. The molecule has 0 unspecified atom stereocenters. The van der Waals surface area contributed by atoms with E-state index >= 15 is 0 Å². The monoisotopic (exact) mass is 321 g/mol. The van der Waals surface area contributed by atoms with Crippen LogP contribution in [0.5, 0.6) is 0 Å². The normalized spacial score (nSPS) is 19.7. The first kappa shape index (κ1) is 15.9. The molecule has 122 valence electrons. The molecule has 1 aromatic heterocycles. The number of rotatable bonds is 2. The van der Waals surface area contributed by atoms with Crippen LogP contribution in [-0.2, 0) is 6.18 Å². The first-order chi connectivity index (χ1) is 10.9. The molecule has 3 nitrogen and oxygen atoms in total. The quantitative estimate of drug-likeness (QED) is 0.838. The molecular weight excluding hydrogens is 303 g/mol. The predicted octanol–water partition coefficient (Wildman–Crippen LogP) is 3.97. The van der Waals surface area contributed by atoms with E-state index in [1.165, 1.54) is 12.3 Å². The summed E-state index contributed by atoms with van der Waals surface area (Å²) in [6, 6.07) is 5.23. The Hall–Kier alpha value is -1.95. The van der Waals surface area contributed by atoms with Gasteiger partial charge in [0.2, 0.25) is 0 Å². The minimum Gasteiger partial charge on any atom is -0.306 e. The number of hydrogen-bond donors (Lipinski definition) is 0. The van der Waals surface area contributed by atoms with Crippen LogP contribution in [0.4, 0.5) is 13.2 Å². The van der Waals surface area contributed by atoms with Crippen LogP contribution in [0, 0.1) is 0 Å². The van der Waals surface area contributed by atoms with Crippen molar-refractivity contribution in [2.75, 3.05) is 20.1 Å². The summed E-state index contributed by atoms with van der Waals surface area (Å²) >= 11 is 0. The molecule has 1 aliphatic rings. The Labute approximate surface area is 133 Å². The third kappa shape index (κ3) is 3.69. The summed E-state index contributed by atoms with van der Waals surface area (Å²) in [5, 5.41) is 0. The molecule has 0 N–H and O–H groups in total. The van der Waals surface area contributed by atoms with Crippen LogP contribution in [0.2, 0.25) is 0 Å². The molecule has 0 radical (unpaired) electrons. The number of aromatic nitrogens is 2. The van der Waals surface area contributed by atoms with Crippen LogP contribution in [0.3, 0.4) is 0 Å². The van der Waals surface area contributed by atoms with E-state index in [2.05, 4.69) is 21.9 Å². The largest absolute Gasteiger partial charge is 0.416 e. The fraction of sp³-hybridized carbons (Fsp3) is 0.412. The average Bonchev–Trinajstić information content (AvgIpc) is 2.54. The molecule has 0 spiro atoms. The van der Waals surface area contributed by atoms with Crippen molar-refractivity contribution < 1.29 is 13.2 Å². The van der Waals surface area contributed by atoms with Gasteiger partial charge in [-0.3, -0.25) is 4.98 Å². The number of benzene rings is 1. The van der Waals surface area contributed by atoms with E-state index in [0.29, 0.717) is 11.3 Å². The summed E-state index contributed by atoms with van der Waals surface area (Å²) in [6.07, 6.45) is 1.02. The zero-order valence-corrected chi connectivity index (χ0v) is 12.8. The van der Waals surface area contributed by atoms with E-state index in [0.717, 1.165) is 43.8 Å². The number of hydrogen-bond acceptors (Lipinski definition) is 3. The maximum Gasteiger partial charge on any atom is 0.416 e. The molecule has 2 aromatic rings. The second kappa shape index (κ2) is 6.28. The average molecular weight is 321 g/mol. The van der Waals surface area contributed by atoms with Crippen LogP contribution in [-0.4, -0.2) is 35.0 Å². The van der Waals surface area contributed by atoms with Crippen molar-refractivity contribution in [2.24, 2.45) is 0 Å². The molecule has 1 aromatic carbocycles. The van der Waals surface area contributed by atoms with Gasteiger partial charge in [-0.2, -0.15) is 13.2 Å². The number of likely N-dealkylation sites (N-methyl/N-ethyl adjacent to an activating group) is 1. The summed E-state index contributed by atoms with van der Waals surface area (Å²) in [5.41, 5.74) is 1.12. The van der Waals surface area contributed by atoms with Gasteiger partial charge >= 0.3 is 6.18 Å². The van der Waals surface area contributed by atoms with Gasteiger partial charge in [0.15, 0.2) is 0 Å². The Morgan fingerprint density at radius 2 is 2.04 bits per heavy atom. The molecule has 3 rings (SSSR count). The number of nitrogens with zero attached hydrogens (tertiary/aromatic N) is 3. The molecule has 0 saturated carbocycles. The highest BCUT2D eigenvalue weighted by Gasteiger charge is 2.30. The van der Waals surface area contributed by atoms with Crippen LogP contribution in [0.15, 0.2) is 36.7 Å². The lowest BCUT2D eigenvalue weighted by Gasteiger charge is -2.29. The van der Waals surface area contributed by atoms with Crippen molar-refractivity contribution in [1.82, 2.24) is 14.9 Å². The van der Waals surface area contributed by atoms with E-state index in [9.17, 15) is 13.2 Å². The number of alkyl halides is 3. The summed E-state index contributed by atoms with van der Waals surface area (Å²) in [7, 11) is 2.07. The molecule has 0 amide bonds. The zero-order chi connectivity index (χ0) is 16.4. The van der Waals surface area contributed by atoms with Crippen molar-refractivity contribution in [1.29, 1.82) is 0 Å². The molecule has 0 aliphatic carbocycles. The zero-order valence-electron chi connectivity index (χ0n) is 12.8. The van der Waals surface area contributed by atoms with Crippen molar-refractivity contribution in [2.45, 2.75) is 24.9 Å². The molecule has 1 aliphatic heterocycles. The SMILES string of the molecule is CN1CCC[C@H](c2cncc(-c3cccc(C(F)(F)F)c3)n2)C1. The fourth-order valence-electron chi connectivity index (χ4n) is 2.98. The Morgan fingerprint density at radius 3 is 2.78 bits per heavy atom. The Kier molecular flexibility index (Phi) is 4.35. The van der Waals surface area contributed by atoms with Crippen molar-refractivity contribution >= 4 is 0 Å². The first-order valence-corrected chi connectivity index (χ1v) is 7.61. The predicted molar refractivity (Wildman–Crippen MR) is 81.9 cm³/mol.